The van der Waals surface area contributed by atoms with Crippen LogP contribution in [0.1, 0.15) is 37.7 Å². The van der Waals surface area contributed by atoms with Crippen LogP contribution in [0, 0.1) is 11.6 Å². The fourth-order valence-electron chi connectivity index (χ4n) is 3.76. The second-order valence-electron chi connectivity index (χ2n) is 7.62. The molecule has 2 saturated heterocycles. The average Bonchev–Trinajstić information content (AvgIpc) is 2.67. The molecule has 0 radical (unpaired) electrons. The van der Waals surface area contributed by atoms with Gasteiger partial charge in [0.05, 0.1) is 6.10 Å². The topological polar surface area (TPSA) is 44.8 Å². The van der Waals surface area contributed by atoms with Crippen LogP contribution in [0.25, 0.3) is 0 Å². The lowest BCUT2D eigenvalue weighted by molar-refractivity contribution is 0.00358. The molecular formula is C20H29F2N3O2. The van der Waals surface area contributed by atoms with Gasteiger partial charge in [0.25, 0.3) is 0 Å². The highest BCUT2D eigenvalue weighted by atomic mass is 19.2. The highest BCUT2D eigenvalue weighted by molar-refractivity contribution is 5.74. The van der Waals surface area contributed by atoms with E-state index in [1.807, 2.05) is 7.05 Å². The normalized spacial score (nSPS) is 21.8. The molecule has 0 bridgehead atoms. The standard InChI is InChI=1S/C20H29F2N3O2/c1-24(14-17-4-2-3-11-27-17)20(26)23-16-7-9-25(10-8-16)13-15-5-6-18(21)19(22)12-15/h5-6,12,16-17H,2-4,7-11,13-14H2,1H3,(H,23,26). The average molecular weight is 381 g/mol. The van der Waals surface area contributed by atoms with Gasteiger partial charge in [-0.3, -0.25) is 4.90 Å². The Kier molecular flexibility index (Phi) is 7.01. The minimum atomic E-state index is -0.817. The molecule has 150 valence electrons. The predicted octanol–water partition coefficient (Wildman–Crippen LogP) is 3.14. The van der Waals surface area contributed by atoms with E-state index >= 15 is 0 Å². The summed E-state index contributed by atoms with van der Waals surface area (Å²) in [6, 6.07) is 4.14. The third-order valence-corrected chi connectivity index (χ3v) is 5.40. The first-order chi connectivity index (χ1) is 13.0. The first-order valence-corrected chi connectivity index (χ1v) is 9.81. The number of amides is 2. The van der Waals surface area contributed by atoms with Crippen molar-refractivity contribution < 1.29 is 18.3 Å². The van der Waals surface area contributed by atoms with Gasteiger partial charge in [-0.25, -0.2) is 13.6 Å². The summed E-state index contributed by atoms with van der Waals surface area (Å²) in [5.41, 5.74) is 0.767. The molecule has 5 nitrogen and oxygen atoms in total. The summed E-state index contributed by atoms with van der Waals surface area (Å²) < 4.78 is 32.0. The van der Waals surface area contributed by atoms with Gasteiger partial charge in [0.2, 0.25) is 0 Å². The molecule has 0 saturated carbocycles. The number of piperidine rings is 1. The second-order valence-corrected chi connectivity index (χ2v) is 7.62. The number of hydrogen-bond donors (Lipinski definition) is 1. The lowest BCUT2D eigenvalue weighted by Gasteiger charge is -2.34. The van der Waals surface area contributed by atoms with Gasteiger partial charge in [-0.15, -0.1) is 0 Å². The zero-order valence-electron chi connectivity index (χ0n) is 15.9. The van der Waals surface area contributed by atoms with E-state index in [4.69, 9.17) is 4.74 Å². The summed E-state index contributed by atoms with van der Waals surface area (Å²) in [5, 5.41) is 3.10. The Morgan fingerprint density at radius 1 is 1.22 bits per heavy atom. The van der Waals surface area contributed by atoms with E-state index in [1.165, 1.54) is 12.1 Å². The number of halogens is 2. The molecule has 7 heteroatoms. The monoisotopic (exact) mass is 381 g/mol. The third-order valence-electron chi connectivity index (χ3n) is 5.40. The molecule has 0 spiro atoms. The van der Waals surface area contributed by atoms with Gasteiger partial charge in [-0.2, -0.15) is 0 Å². The van der Waals surface area contributed by atoms with Crippen molar-refractivity contribution in [2.45, 2.75) is 50.8 Å². The Labute approximate surface area is 159 Å². The smallest absolute Gasteiger partial charge is 0.317 e. The van der Waals surface area contributed by atoms with E-state index in [9.17, 15) is 13.6 Å². The van der Waals surface area contributed by atoms with Crippen LogP contribution in [0.5, 0.6) is 0 Å². The molecule has 0 aromatic heterocycles. The Hall–Kier alpha value is -1.73. The number of carbonyl (C=O) groups is 1. The van der Waals surface area contributed by atoms with Crippen LogP contribution in [-0.4, -0.2) is 61.3 Å². The van der Waals surface area contributed by atoms with Crippen molar-refractivity contribution in [1.82, 2.24) is 15.1 Å². The van der Waals surface area contributed by atoms with Crippen LogP contribution in [0.15, 0.2) is 18.2 Å². The first-order valence-electron chi connectivity index (χ1n) is 9.81. The van der Waals surface area contributed by atoms with E-state index in [0.29, 0.717) is 13.1 Å². The largest absolute Gasteiger partial charge is 0.376 e. The number of benzene rings is 1. The van der Waals surface area contributed by atoms with Gasteiger partial charge < -0.3 is 15.0 Å². The third kappa shape index (κ3) is 5.87. The number of likely N-dealkylation sites (N-methyl/N-ethyl adjacent to an activating group) is 1. The highest BCUT2D eigenvalue weighted by Crippen LogP contribution is 2.17. The van der Waals surface area contributed by atoms with Crippen LogP contribution < -0.4 is 5.32 Å². The molecule has 2 aliphatic heterocycles. The summed E-state index contributed by atoms with van der Waals surface area (Å²) in [4.78, 5) is 16.3. The number of hydrogen-bond acceptors (Lipinski definition) is 3. The van der Waals surface area contributed by atoms with Crippen molar-refractivity contribution in [2.75, 3.05) is 33.3 Å². The second kappa shape index (κ2) is 9.46. The van der Waals surface area contributed by atoms with Gasteiger partial charge in [0, 0.05) is 45.9 Å². The zero-order chi connectivity index (χ0) is 19.2. The Morgan fingerprint density at radius 3 is 2.67 bits per heavy atom. The van der Waals surface area contributed by atoms with Crippen molar-refractivity contribution in [3.05, 3.63) is 35.4 Å². The van der Waals surface area contributed by atoms with E-state index in [0.717, 1.165) is 57.4 Å². The van der Waals surface area contributed by atoms with Gasteiger partial charge in [0.15, 0.2) is 11.6 Å². The minimum Gasteiger partial charge on any atom is -0.376 e. The Morgan fingerprint density at radius 2 is 2.00 bits per heavy atom. The number of urea groups is 1. The van der Waals surface area contributed by atoms with E-state index in [1.54, 1.807) is 11.0 Å². The minimum absolute atomic E-state index is 0.0526. The maximum atomic E-state index is 13.3. The molecule has 27 heavy (non-hydrogen) atoms. The first kappa shape index (κ1) is 20.0. The van der Waals surface area contributed by atoms with Crippen LogP contribution in [0.3, 0.4) is 0 Å². The number of rotatable bonds is 5. The zero-order valence-corrected chi connectivity index (χ0v) is 15.9. The molecule has 0 aliphatic carbocycles. The van der Waals surface area contributed by atoms with E-state index < -0.39 is 11.6 Å². The number of carbonyl (C=O) groups excluding carboxylic acids is 1. The number of nitrogens with zero attached hydrogens (tertiary/aromatic N) is 2. The molecule has 1 aromatic rings. The molecule has 2 aliphatic rings. The van der Waals surface area contributed by atoms with Crippen LogP contribution >= 0.6 is 0 Å². The molecule has 1 N–H and O–H groups in total. The molecule has 1 aromatic carbocycles. The predicted molar refractivity (Wildman–Crippen MR) is 99.4 cm³/mol. The SMILES string of the molecule is CN(CC1CCCCO1)C(=O)NC1CCN(Cc2ccc(F)c(F)c2)CC1. The maximum Gasteiger partial charge on any atom is 0.317 e. The highest BCUT2D eigenvalue weighted by Gasteiger charge is 2.24. The van der Waals surface area contributed by atoms with Crippen LogP contribution in [-0.2, 0) is 11.3 Å². The summed E-state index contributed by atoms with van der Waals surface area (Å²) in [6.07, 6.45) is 5.13. The summed E-state index contributed by atoms with van der Waals surface area (Å²) in [5.74, 6) is -1.62. The molecule has 1 unspecified atom stereocenters. The van der Waals surface area contributed by atoms with Gasteiger partial charge in [0.1, 0.15) is 0 Å². The Bertz CT molecular complexity index is 630. The van der Waals surface area contributed by atoms with Gasteiger partial charge >= 0.3 is 6.03 Å². The van der Waals surface area contributed by atoms with Crippen LogP contribution in [0.4, 0.5) is 13.6 Å². The van der Waals surface area contributed by atoms with Crippen LogP contribution in [0.2, 0.25) is 0 Å². The van der Waals surface area contributed by atoms with E-state index in [-0.39, 0.29) is 18.2 Å². The lowest BCUT2D eigenvalue weighted by atomic mass is 10.0. The van der Waals surface area contributed by atoms with Crippen molar-refractivity contribution >= 4 is 6.03 Å². The summed E-state index contributed by atoms with van der Waals surface area (Å²) in [7, 11) is 1.81. The van der Waals surface area contributed by atoms with Crippen molar-refractivity contribution in [3.8, 4) is 0 Å². The molecule has 3 rings (SSSR count). The molecular weight excluding hydrogens is 352 g/mol. The quantitative estimate of drug-likeness (QED) is 0.852. The number of ether oxygens (including phenoxy) is 1. The molecule has 2 amide bonds. The van der Waals surface area contributed by atoms with E-state index in [2.05, 4.69) is 10.2 Å². The molecule has 2 heterocycles. The fraction of sp³-hybridized carbons (Fsp3) is 0.650. The van der Waals surface area contributed by atoms with Crippen molar-refractivity contribution in [3.63, 3.8) is 0 Å². The number of nitrogens with one attached hydrogen (secondary N) is 1. The van der Waals surface area contributed by atoms with Gasteiger partial charge in [-0.1, -0.05) is 6.07 Å². The van der Waals surface area contributed by atoms with Gasteiger partial charge in [-0.05, 0) is 49.8 Å². The maximum absolute atomic E-state index is 13.3. The van der Waals surface area contributed by atoms with Crippen molar-refractivity contribution in [2.24, 2.45) is 0 Å². The lowest BCUT2D eigenvalue weighted by Crippen LogP contribution is -2.49. The van der Waals surface area contributed by atoms with Crippen molar-refractivity contribution in [1.29, 1.82) is 0 Å². The summed E-state index contributed by atoms with van der Waals surface area (Å²) in [6.45, 7) is 3.65. The fourth-order valence-corrected chi connectivity index (χ4v) is 3.76. The molecule has 1 atom stereocenters. The summed E-state index contributed by atoms with van der Waals surface area (Å²) >= 11 is 0. The molecule has 2 fully saturated rings. The number of likely N-dealkylation sites (tertiary alicyclic amines) is 1. The Balaban J connectivity index is 1.39.